The smallest absolute Gasteiger partial charge is 0.344 e. The summed E-state index contributed by atoms with van der Waals surface area (Å²) in [6, 6.07) is 6.11. The summed E-state index contributed by atoms with van der Waals surface area (Å²) >= 11 is 0. The highest BCUT2D eigenvalue weighted by atomic mass is 16.6. The van der Waals surface area contributed by atoms with E-state index in [0.29, 0.717) is 32.7 Å². The van der Waals surface area contributed by atoms with Gasteiger partial charge < -0.3 is 37.9 Å². The highest BCUT2D eigenvalue weighted by Gasteiger charge is 2.25. The topological polar surface area (TPSA) is 240 Å². The number of ether oxygens (including phenoxy) is 8. The number of hydrogen-bond acceptors (Lipinski definition) is 14. The number of rotatable bonds is 16. The van der Waals surface area contributed by atoms with Gasteiger partial charge in [0.2, 0.25) is 0 Å². The second kappa shape index (κ2) is 18.9. The molecule has 3 aromatic carbocycles. The summed E-state index contributed by atoms with van der Waals surface area (Å²) in [6.45, 7) is 17.8. The Kier molecular flexibility index (Phi) is 15.1. The first-order valence-electron chi connectivity index (χ1n) is 18.3. The number of fused-ring (bicyclic) bond motifs is 2. The van der Waals surface area contributed by atoms with E-state index in [9.17, 15) is 30.2 Å². The van der Waals surface area contributed by atoms with E-state index in [-0.39, 0.29) is 36.1 Å². The van der Waals surface area contributed by atoms with Gasteiger partial charge in [0.15, 0.2) is 49.4 Å². The number of nitrogens with zero attached hydrogens (tertiary/aromatic N) is 6. The molecule has 18 heteroatoms. The van der Waals surface area contributed by atoms with Crippen LogP contribution in [-0.2, 0) is 51.2 Å². The van der Waals surface area contributed by atoms with Crippen LogP contribution in [0, 0.1) is 0 Å². The summed E-state index contributed by atoms with van der Waals surface area (Å²) in [5.41, 5.74) is 16.5. The van der Waals surface area contributed by atoms with Crippen molar-refractivity contribution in [3.8, 4) is 23.0 Å². The zero-order valence-corrected chi connectivity index (χ0v) is 35.1. The molecule has 0 fully saturated rings. The van der Waals surface area contributed by atoms with Crippen molar-refractivity contribution in [2.45, 2.75) is 119 Å². The Morgan fingerprint density at radius 1 is 0.448 bits per heavy atom. The van der Waals surface area contributed by atoms with Crippen molar-refractivity contribution >= 4 is 45.4 Å². The molecule has 3 rings (SSSR count). The van der Waals surface area contributed by atoms with Gasteiger partial charge in [0.1, 0.15) is 22.4 Å². The van der Waals surface area contributed by atoms with Gasteiger partial charge in [0, 0.05) is 9.82 Å². The second-order valence-electron chi connectivity index (χ2n) is 16.9. The van der Waals surface area contributed by atoms with Crippen molar-refractivity contribution < 1.29 is 57.1 Å². The molecule has 18 nitrogen and oxygen atoms in total. The van der Waals surface area contributed by atoms with Gasteiger partial charge in [-0.15, -0.1) is 0 Å². The standard InChI is InChI=1S/C40H52N6O12/c1-37(2,3)55-33(47)19-51-29-13-23-24(14-30(29)52-20-34(48)56-38(4,5)6)28(18-44-46-42)26-16-32(54-22-36(50)58-40(10,11)12)31(15-25(26)27(23)17-43-45-41)53-21-35(49)57-39(7,8)9/h13-16H,17-22H2,1-12H3. The molecule has 3 aromatic rings. The van der Waals surface area contributed by atoms with Crippen molar-refractivity contribution in [3.05, 3.63) is 56.3 Å². The minimum absolute atomic E-state index is 0.0110. The Bertz CT molecular complexity index is 1850. The monoisotopic (exact) mass is 808 g/mol. The van der Waals surface area contributed by atoms with Crippen LogP contribution in [-0.4, -0.2) is 72.7 Å². The Hall–Kier alpha value is -6.12. The fraction of sp³-hybridized carbons (Fsp3) is 0.550. The Morgan fingerprint density at radius 2 is 0.655 bits per heavy atom. The molecule has 314 valence electrons. The molecule has 0 N–H and O–H groups in total. The fourth-order valence-electron chi connectivity index (χ4n) is 5.44. The third-order valence-electron chi connectivity index (χ3n) is 7.11. The van der Waals surface area contributed by atoms with E-state index in [1.165, 1.54) is 24.3 Å². The quantitative estimate of drug-likeness (QED) is 0.0330. The van der Waals surface area contributed by atoms with Gasteiger partial charge in [-0.2, -0.15) is 0 Å². The zero-order chi connectivity index (χ0) is 43.6. The number of esters is 4. The maximum atomic E-state index is 12.8. The highest BCUT2D eigenvalue weighted by Crippen LogP contribution is 2.44. The number of hydrogen-bond donors (Lipinski definition) is 0. The Balaban J connectivity index is 2.40. The van der Waals surface area contributed by atoms with Crippen LogP contribution < -0.4 is 18.9 Å². The number of azide groups is 2. The Morgan fingerprint density at radius 3 is 0.828 bits per heavy atom. The van der Waals surface area contributed by atoms with Gasteiger partial charge in [0.25, 0.3) is 0 Å². The highest BCUT2D eigenvalue weighted by molar-refractivity contribution is 6.08. The predicted molar refractivity (Wildman–Crippen MR) is 213 cm³/mol. The third-order valence-corrected chi connectivity index (χ3v) is 7.11. The van der Waals surface area contributed by atoms with E-state index < -0.39 is 72.7 Å². The molecular weight excluding hydrogens is 756 g/mol. The van der Waals surface area contributed by atoms with Crippen LogP contribution in [0.15, 0.2) is 34.5 Å². The summed E-state index contributed by atoms with van der Waals surface area (Å²) in [6.07, 6.45) is 0. The fourth-order valence-corrected chi connectivity index (χ4v) is 5.44. The molecule has 0 saturated heterocycles. The van der Waals surface area contributed by atoms with Gasteiger partial charge in [-0.25, -0.2) is 19.2 Å². The van der Waals surface area contributed by atoms with Gasteiger partial charge in [0.05, 0.1) is 13.1 Å². The first kappa shape index (κ1) is 46.3. The molecule has 0 atom stereocenters. The predicted octanol–water partition coefficient (Wildman–Crippen LogP) is 8.50. The van der Waals surface area contributed by atoms with Crippen LogP contribution in [0.5, 0.6) is 23.0 Å². The lowest BCUT2D eigenvalue weighted by Gasteiger charge is -2.23. The van der Waals surface area contributed by atoms with Crippen molar-refractivity contribution in [3.63, 3.8) is 0 Å². The summed E-state index contributed by atoms with van der Waals surface area (Å²) < 4.78 is 45.4. The largest absolute Gasteiger partial charge is 0.478 e. The lowest BCUT2D eigenvalue weighted by atomic mass is 9.90. The van der Waals surface area contributed by atoms with Crippen molar-refractivity contribution in [2.24, 2.45) is 10.2 Å². The van der Waals surface area contributed by atoms with E-state index in [2.05, 4.69) is 20.1 Å². The molecule has 0 unspecified atom stereocenters. The van der Waals surface area contributed by atoms with Crippen molar-refractivity contribution in [2.75, 3.05) is 26.4 Å². The SMILES string of the molecule is CC(C)(C)OC(=O)COc1cc2c(CN=[N+]=[N-])c3cc(OCC(=O)OC(C)(C)C)c(OCC(=O)OC(C)(C)C)cc3c(CN=[N+]=[N-])c2cc1OCC(=O)OC(C)(C)C. The normalized spacial score (nSPS) is 11.8. The maximum absolute atomic E-state index is 12.8. The molecule has 0 aliphatic rings. The summed E-state index contributed by atoms with van der Waals surface area (Å²) in [5, 5.41) is 9.32. The molecule has 0 aliphatic heterocycles. The molecule has 0 radical (unpaired) electrons. The van der Waals surface area contributed by atoms with E-state index in [1.807, 2.05) is 0 Å². The number of benzene rings is 3. The van der Waals surface area contributed by atoms with Crippen LogP contribution in [0.4, 0.5) is 0 Å². The molecule has 58 heavy (non-hydrogen) atoms. The molecule has 0 aromatic heterocycles. The zero-order valence-electron chi connectivity index (χ0n) is 35.1. The lowest BCUT2D eigenvalue weighted by Crippen LogP contribution is -2.28. The van der Waals surface area contributed by atoms with Gasteiger partial charge in [-0.1, -0.05) is 10.2 Å². The lowest BCUT2D eigenvalue weighted by molar-refractivity contribution is -0.158. The average Bonchev–Trinajstić information content (AvgIpc) is 3.06. The summed E-state index contributed by atoms with van der Waals surface area (Å²) in [7, 11) is 0. The van der Waals surface area contributed by atoms with Crippen molar-refractivity contribution in [1.82, 2.24) is 0 Å². The van der Waals surface area contributed by atoms with Crippen LogP contribution in [0.1, 0.15) is 94.2 Å². The third kappa shape index (κ3) is 14.8. The molecule has 0 spiro atoms. The van der Waals surface area contributed by atoms with Crippen LogP contribution >= 0.6 is 0 Å². The van der Waals surface area contributed by atoms with Gasteiger partial charge >= 0.3 is 23.9 Å². The molecule has 0 heterocycles. The number of carbonyl (C=O) groups is 4. The van der Waals surface area contributed by atoms with E-state index >= 15 is 0 Å². The molecule has 0 aliphatic carbocycles. The molecular formula is C40H52N6O12. The van der Waals surface area contributed by atoms with Crippen molar-refractivity contribution in [1.29, 1.82) is 0 Å². The van der Waals surface area contributed by atoms with E-state index in [0.717, 1.165) is 0 Å². The van der Waals surface area contributed by atoms with Crippen LogP contribution in [0.2, 0.25) is 0 Å². The Labute approximate surface area is 336 Å². The molecule has 0 bridgehead atoms. The summed E-state index contributed by atoms with van der Waals surface area (Å²) in [5.74, 6) is -2.70. The van der Waals surface area contributed by atoms with Gasteiger partial charge in [-0.3, -0.25) is 0 Å². The van der Waals surface area contributed by atoms with Gasteiger partial charge in [-0.05, 0) is 151 Å². The first-order chi connectivity index (χ1) is 26.8. The average molecular weight is 809 g/mol. The van der Waals surface area contributed by atoms with Crippen LogP contribution in [0.3, 0.4) is 0 Å². The minimum atomic E-state index is -0.809. The summed E-state index contributed by atoms with van der Waals surface area (Å²) in [4.78, 5) is 56.9. The maximum Gasteiger partial charge on any atom is 0.344 e. The molecule has 0 saturated carbocycles. The molecule has 0 amide bonds. The first-order valence-corrected chi connectivity index (χ1v) is 18.3. The van der Waals surface area contributed by atoms with Crippen LogP contribution in [0.25, 0.3) is 42.4 Å². The van der Waals surface area contributed by atoms with E-state index in [1.54, 1.807) is 83.1 Å². The second-order valence-corrected chi connectivity index (χ2v) is 16.9. The van der Waals surface area contributed by atoms with E-state index in [4.69, 9.17) is 37.9 Å². The minimum Gasteiger partial charge on any atom is -0.478 e. The number of carbonyl (C=O) groups excluding carboxylic acids is 4.